The first-order valence-corrected chi connectivity index (χ1v) is 7.40. The molecule has 1 heterocycles. The van der Waals surface area contributed by atoms with Gasteiger partial charge in [-0.05, 0) is 51.3 Å². The number of para-hydroxylation sites is 2. The van der Waals surface area contributed by atoms with Crippen LogP contribution in [-0.2, 0) is 4.79 Å². The van der Waals surface area contributed by atoms with E-state index in [9.17, 15) is 4.79 Å². The van der Waals surface area contributed by atoms with Gasteiger partial charge in [-0.1, -0.05) is 19.1 Å². The van der Waals surface area contributed by atoms with E-state index < -0.39 is 0 Å². The highest BCUT2D eigenvalue weighted by Crippen LogP contribution is 2.25. The average molecular weight is 275 g/mol. The maximum Gasteiger partial charge on any atom is 0.241 e. The van der Waals surface area contributed by atoms with Crippen LogP contribution in [0, 0.1) is 5.92 Å². The summed E-state index contributed by atoms with van der Waals surface area (Å²) < 4.78 is 0. The number of hydrogen-bond acceptors (Lipinski definition) is 3. The summed E-state index contributed by atoms with van der Waals surface area (Å²) in [5.41, 5.74) is 7.17. The Hall–Kier alpha value is -1.55. The predicted octanol–water partition coefficient (Wildman–Crippen LogP) is 2.72. The Kier molecular flexibility index (Phi) is 4.65. The van der Waals surface area contributed by atoms with E-state index in [1.165, 1.54) is 0 Å². The van der Waals surface area contributed by atoms with Gasteiger partial charge in [-0.3, -0.25) is 9.69 Å². The van der Waals surface area contributed by atoms with Crippen molar-refractivity contribution in [2.75, 3.05) is 17.6 Å². The van der Waals surface area contributed by atoms with E-state index in [1.54, 1.807) is 6.07 Å². The second kappa shape index (κ2) is 6.27. The fraction of sp³-hybridized carbons (Fsp3) is 0.562. The van der Waals surface area contributed by atoms with Crippen molar-refractivity contribution in [1.82, 2.24) is 4.90 Å². The smallest absolute Gasteiger partial charge is 0.241 e. The van der Waals surface area contributed by atoms with Crippen molar-refractivity contribution in [3.63, 3.8) is 0 Å². The van der Waals surface area contributed by atoms with Gasteiger partial charge in [-0.2, -0.15) is 0 Å². The molecule has 1 aromatic carbocycles. The van der Waals surface area contributed by atoms with Gasteiger partial charge in [0.15, 0.2) is 0 Å². The van der Waals surface area contributed by atoms with Crippen LogP contribution in [0.5, 0.6) is 0 Å². The van der Waals surface area contributed by atoms with Crippen molar-refractivity contribution in [1.29, 1.82) is 0 Å². The number of nitrogens with zero attached hydrogens (tertiary/aromatic N) is 1. The average Bonchev–Trinajstić information content (AvgIpc) is 2.40. The molecule has 1 saturated heterocycles. The summed E-state index contributed by atoms with van der Waals surface area (Å²) in [6, 6.07) is 7.70. The molecule has 0 bridgehead atoms. The van der Waals surface area contributed by atoms with Crippen LogP contribution < -0.4 is 11.1 Å². The zero-order valence-electron chi connectivity index (χ0n) is 12.6. The number of anilines is 2. The van der Waals surface area contributed by atoms with Crippen LogP contribution in [0.4, 0.5) is 11.4 Å². The molecule has 1 aliphatic rings. The number of nitrogens with two attached hydrogens (primary N) is 1. The Morgan fingerprint density at radius 1 is 1.40 bits per heavy atom. The zero-order valence-corrected chi connectivity index (χ0v) is 12.6. The quantitative estimate of drug-likeness (QED) is 0.834. The summed E-state index contributed by atoms with van der Waals surface area (Å²) in [6.45, 7) is 7.45. The third kappa shape index (κ3) is 3.31. The number of nitrogen functional groups attached to an aromatic ring is 1. The molecule has 4 heteroatoms. The molecule has 20 heavy (non-hydrogen) atoms. The van der Waals surface area contributed by atoms with Gasteiger partial charge in [-0.25, -0.2) is 0 Å². The lowest BCUT2D eigenvalue weighted by molar-refractivity contribution is -0.122. The van der Waals surface area contributed by atoms with Crippen LogP contribution in [0.1, 0.15) is 33.6 Å². The Bertz CT molecular complexity index is 475. The number of nitrogens with one attached hydrogen (secondary N) is 1. The van der Waals surface area contributed by atoms with Crippen LogP contribution >= 0.6 is 0 Å². The summed E-state index contributed by atoms with van der Waals surface area (Å²) in [4.78, 5) is 14.7. The molecule has 3 N–H and O–H groups in total. The van der Waals surface area contributed by atoms with E-state index in [1.807, 2.05) is 25.1 Å². The number of carbonyl (C=O) groups is 1. The van der Waals surface area contributed by atoms with Crippen molar-refractivity contribution in [3.05, 3.63) is 24.3 Å². The number of amides is 1. The molecule has 0 spiro atoms. The number of hydrogen-bond donors (Lipinski definition) is 2. The normalized spacial score (nSPS) is 25.1. The summed E-state index contributed by atoms with van der Waals surface area (Å²) >= 11 is 0. The third-order valence-corrected chi connectivity index (χ3v) is 4.29. The van der Waals surface area contributed by atoms with Crippen molar-refractivity contribution in [3.8, 4) is 0 Å². The Morgan fingerprint density at radius 3 is 2.75 bits per heavy atom. The van der Waals surface area contributed by atoms with Crippen LogP contribution in [-0.4, -0.2) is 29.4 Å². The summed E-state index contributed by atoms with van der Waals surface area (Å²) in [7, 11) is 0. The van der Waals surface area contributed by atoms with Crippen molar-refractivity contribution in [2.45, 2.75) is 45.7 Å². The summed E-state index contributed by atoms with van der Waals surface area (Å²) in [5.74, 6) is 0.769. The van der Waals surface area contributed by atoms with Crippen LogP contribution in [0.2, 0.25) is 0 Å². The van der Waals surface area contributed by atoms with Crippen molar-refractivity contribution >= 4 is 17.3 Å². The van der Waals surface area contributed by atoms with Gasteiger partial charge in [-0.15, -0.1) is 0 Å². The van der Waals surface area contributed by atoms with Crippen molar-refractivity contribution < 1.29 is 4.79 Å². The molecule has 1 aliphatic heterocycles. The second-order valence-corrected chi connectivity index (χ2v) is 5.97. The number of carbonyl (C=O) groups excluding carboxylic acids is 1. The third-order valence-electron chi connectivity index (χ3n) is 4.29. The van der Waals surface area contributed by atoms with E-state index in [4.69, 9.17) is 5.73 Å². The van der Waals surface area contributed by atoms with Crippen LogP contribution in [0.3, 0.4) is 0 Å². The molecule has 1 aromatic rings. The molecule has 0 radical (unpaired) electrons. The van der Waals surface area contributed by atoms with Gasteiger partial charge in [0.1, 0.15) is 0 Å². The van der Waals surface area contributed by atoms with E-state index in [2.05, 4.69) is 24.1 Å². The van der Waals surface area contributed by atoms with Gasteiger partial charge in [0.05, 0.1) is 17.4 Å². The Balaban J connectivity index is 2.00. The van der Waals surface area contributed by atoms with E-state index in [0.29, 0.717) is 17.4 Å². The SMILES string of the molecule is CC1CCN(C(C)C(=O)Nc2ccccc2N)C(C)C1. The molecule has 3 unspecified atom stereocenters. The Morgan fingerprint density at radius 2 is 2.10 bits per heavy atom. The molecule has 3 atom stereocenters. The van der Waals surface area contributed by atoms with Gasteiger partial charge < -0.3 is 11.1 Å². The molecular formula is C16H25N3O. The highest BCUT2D eigenvalue weighted by Gasteiger charge is 2.30. The first-order chi connectivity index (χ1) is 9.49. The predicted molar refractivity (Wildman–Crippen MR) is 83.5 cm³/mol. The number of piperidine rings is 1. The van der Waals surface area contributed by atoms with Gasteiger partial charge >= 0.3 is 0 Å². The maximum atomic E-state index is 12.4. The first-order valence-electron chi connectivity index (χ1n) is 7.40. The maximum absolute atomic E-state index is 12.4. The lowest BCUT2D eigenvalue weighted by atomic mass is 9.92. The molecule has 1 amide bonds. The molecular weight excluding hydrogens is 250 g/mol. The van der Waals surface area contributed by atoms with Crippen LogP contribution in [0.15, 0.2) is 24.3 Å². The summed E-state index contributed by atoms with van der Waals surface area (Å²) in [6.07, 6.45) is 2.32. The molecule has 0 aliphatic carbocycles. The molecule has 4 nitrogen and oxygen atoms in total. The largest absolute Gasteiger partial charge is 0.397 e. The first kappa shape index (κ1) is 14.9. The lowest BCUT2D eigenvalue weighted by Crippen LogP contribution is -2.50. The molecule has 0 saturated carbocycles. The zero-order chi connectivity index (χ0) is 14.7. The minimum Gasteiger partial charge on any atom is -0.397 e. The highest BCUT2D eigenvalue weighted by molar-refractivity contribution is 5.97. The number of benzene rings is 1. The molecule has 0 aromatic heterocycles. The summed E-state index contributed by atoms with van der Waals surface area (Å²) in [5, 5.41) is 2.93. The standard InChI is InChI=1S/C16H25N3O/c1-11-8-9-19(12(2)10-11)13(3)16(20)18-15-7-5-4-6-14(15)17/h4-7,11-13H,8-10,17H2,1-3H3,(H,18,20). The van der Waals surface area contributed by atoms with Crippen molar-refractivity contribution in [2.24, 2.45) is 5.92 Å². The fourth-order valence-corrected chi connectivity index (χ4v) is 3.00. The lowest BCUT2D eigenvalue weighted by Gasteiger charge is -2.39. The second-order valence-electron chi connectivity index (χ2n) is 5.97. The monoisotopic (exact) mass is 275 g/mol. The van der Waals surface area contributed by atoms with E-state index >= 15 is 0 Å². The van der Waals surface area contributed by atoms with E-state index in [0.717, 1.165) is 25.3 Å². The minimum absolute atomic E-state index is 0.0179. The minimum atomic E-state index is -0.128. The molecule has 1 fully saturated rings. The van der Waals surface area contributed by atoms with Gasteiger partial charge in [0, 0.05) is 6.04 Å². The Labute approximate surface area is 121 Å². The number of rotatable bonds is 3. The fourth-order valence-electron chi connectivity index (χ4n) is 3.00. The number of likely N-dealkylation sites (tertiary alicyclic amines) is 1. The van der Waals surface area contributed by atoms with Gasteiger partial charge in [0.2, 0.25) is 5.91 Å². The van der Waals surface area contributed by atoms with E-state index in [-0.39, 0.29) is 11.9 Å². The van der Waals surface area contributed by atoms with Crippen LogP contribution in [0.25, 0.3) is 0 Å². The highest BCUT2D eigenvalue weighted by atomic mass is 16.2. The topological polar surface area (TPSA) is 58.4 Å². The molecule has 110 valence electrons. The van der Waals surface area contributed by atoms with Gasteiger partial charge in [0.25, 0.3) is 0 Å². The molecule has 2 rings (SSSR count).